The molecular weight excluding hydrogens is 386 g/mol. The molecule has 5 heteroatoms. The van der Waals surface area contributed by atoms with Crippen LogP contribution in [0.1, 0.15) is 15.9 Å². The number of benzene rings is 2. The summed E-state index contributed by atoms with van der Waals surface area (Å²) in [5.74, 6) is 0.567. The van der Waals surface area contributed by atoms with Crippen LogP contribution in [0.15, 0.2) is 45.3 Å². The Kier molecular flexibility index (Phi) is 4.83. The number of halogens is 2. The first-order valence-electron chi connectivity index (χ1n) is 5.93. The number of ether oxygens (including phenoxy) is 1. The summed E-state index contributed by atoms with van der Waals surface area (Å²) >= 11 is 6.84. The molecule has 1 amide bonds. The molecular formula is C15H13Br2NO2. The van der Waals surface area contributed by atoms with Crippen molar-refractivity contribution in [2.75, 3.05) is 12.4 Å². The number of aryl methyl sites for hydroxylation is 1. The highest BCUT2D eigenvalue weighted by molar-refractivity contribution is 9.11. The molecule has 0 saturated heterocycles. The van der Waals surface area contributed by atoms with Crippen LogP contribution in [0.25, 0.3) is 0 Å². The highest BCUT2D eigenvalue weighted by atomic mass is 79.9. The molecule has 2 aromatic carbocycles. The molecule has 0 unspecified atom stereocenters. The monoisotopic (exact) mass is 397 g/mol. The summed E-state index contributed by atoms with van der Waals surface area (Å²) in [7, 11) is 1.60. The molecule has 0 spiro atoms. The van der Waals surface area contributed by atoms with Crippen LogP contribution in [0.3, 0.4) is 0 Å². The molecule has 0 aliphatic heterocycles. The molecule has 1 N–H and O–H groups in total. The number of carbonyl (C=O) groups is 1. The Hall–Kier alpha value is -1.33. The van der Waals surface area contributed by atoms with Crippen LogP contribution in [0.2, 0.25) is 0 Å². The number of rotatable bonds is 3. The third kappa shape index (κ3) is 3.22. The van der Waals surface area contributed by atoms with E-state index in [4.69, 9.17) is 4.74 Å². The molecule has 0 saturated carbocycles. The first-order valence-corrected chi connectivity index (χ1v) is 7.51. The maximum Gasteiger partial charge on any atom is 0.256 e. The van der Waals surface area contributed by atoms with Crippen LogP contribution in [-0.4, -0.2) is 13.0 Å². The molecule has 0 aliphatic rings. The van der Waals surface area contributed by atoms with Gasteiger partial charge in [0.15, 0.2) is 0 Å². The predicted molar refractivity (Wildman–Crippen MR) is 87.5 cm³/mol. The summed E-state index contributed by atoms with van der Waals surface area (Å²) in [5.41, 5.74) is 2.33. The second kappa shape index (κ2) is 6.41. The van der Waals surface area contributed by atoms with Crippen LogP contribution in [-0.2, 0) is 0 Å². The van der Waals surface area contributed by atoms with Gasteiger partial charge < -0.3 is 10.1 Å². The molecule has 0 bridgehead atoms. The largest absolute Gasteiger partial charge is 0.496 e. The van der Waals surface area contributed by atoms with Gasteiger partial charge in [0.2, 0.25) is 0 Å². The standard InChI is InChI=1S/C15H13Br2NO2/c1-9-4-3-5-11(14(9)17)15(19)18-10-6-7-13(20-2)12(16)8-10/h3-8H,1-2H3,(H,18,19). The fraction of sp³-hybridized carbons (Fsp3) is 0.133. The van der Waals surface area contributed by atoms with E-state index in [1.165, 1.54) is 0 Å². The molecule has 104 valence electrons. The number of nitrogens with one attached hydrogen (secondary N) is 1. The number of amides is 1. The normalized spacial score (nSPS) is 10.2. The van der Waals surface area contributed by atoms with Gasteiger partial charge in [-0.25, -0.2) is 0 Å². The second-order valence-electron chi connectivity index (χ2n) is 4.24. The Balaban J connectivity index is 2.24. The zero-order valence-electron chi connectivity index (χ0n) is 11.0. The summed E-state index contributed by atoms with van der Waals surface area (Å²) in [5, 5.41) is 2.86. The van der Waals surface area contributed by atoms with Gasteiger partial charge in [-0.05, 0) is 68.6 Å². The van der Waals surface area contributed by atoms with Gasteiger partial charge in [-0.15, -0.1) is 0 Å². The fourth-order valence-corrected chi connectivity index (χ4v) is 2.75. The summed E-state index contributed by atoms with van der Waals surface area (Å²) in [6.07, 6.45) is 0. The van der Waals surface area contributed by atoms with E-state index in [1.54, 1.807) is 31.4 Å². The molecule has 0 aliphatic carbocycles. The average molecular weight is 399 g/mol. The molecule has 0 atom stereocenters. The zero-order valence-corrected chi connectivity index (χ0v) is 14.2. The SMILES string of the molecule is COc1ccc(NC(=O)c2cccc(C)c2Br)cc1Br. The van der Waals surface area contributed by atoms with Crippen LogP contribution in [0.4, 0.5) is 5.69 Å². The van der Waals surface area contributed by atoms with Gasteiger partial charge in [0.1, 0.15) is 5.75 Å². The Morgan fingerprint density at radius 3 is 2.60 bits per heavy atom. The van der Waals surface area contributed by atoms with E-state index < -0.39 is 0 Å². The molecule has 0 aromatic heterocycles. The van der Waals surface area contributed by atoms with Crippen LogP contribution in [0.5, 0.6) is 5.75 Å². The molecule has 20 heavy (non-hydrogen) atoms. The van der Waals surface area contributed by atoms with E-state index >= 15 is 0 Å². The maximum absolute atomic E-state index is 12.3. The van der Waals surface area contributed by atoms with Crippen molar-refractivity contribution in [3.8, 4) is 5.75 Å². The van der Waals surface area contributed by atoms with Crippen molar-refractivity contribution in [3.05, 3.63) is 56.5 Å². The number of hydrogen-bond donors (Lipinski definition) is 1. The van der Waals surface area contributed by atoms with E-state index in [9.17, 15) is 4.79 Å². The Morgan fingerprint density at radius 1 is 1.20 bits per heavy atom. The minimum Gasteiger partial charge on any atom is -0.496 e. The third-order valence-electron chi connectivity index (χ3n) is 2.85. The highest BCUT2D eigenvalue weighted by Gasteiger charge is 2.12. The first-order chi connectivity index (χ1) is 9.52. The van der Waals surface area contributed by atoms with Crippen molar-refractivity contribution in [2.24, 2.45) is 0 Å². The van der Waals surface area contributed by atoms with E-state index in [2.05, 4.69) is 37.2 Å². The third-order valence-corrected chi connectivity index (χ3v) is 4.52. The minimum absolute atomic E-state index is 0.155. The van der Waals surface area contributed by atoms with E-state index in [-0.39, 0.29) is 5.91 Å². The quantitative estimate of drug-likeness (QED) is 0.807. The van der Waals surface area contributed by atoms with E-state index in [0.29, 0.717) is 11.3 Å². The van der Waals surface area contributed by atoms with E-state index in [1.807, 2.05) is 19.1 Å². The summed E-state index contributed by atoms with van der Waals surface area (Å²) in [6.45, 7) is 1.95. The molecule has 3 nitrogen and oxygen atoms in total. The summed E-state index contributed by atoms with van der Waals surface area (Å²) < 4.78 is 6.76. The van der Waals surface area contributed by atoms with Gasteiger partial charge in [0.25, 0.3) is 5.91 Å². The van der Waals surface area contributed by atoms with Gasteiger partial charge in [0.05, 0.1) is 17.1 Å². The Morgan fingerprint density at radius 2 is 1.95 bits per heavy atom. The molecule has 0 radical (unpaired) electrons. The maximum atomic E-state index is 12.3. The zero-order chi connectivity index (χ0) is 14.7. The lowest BCUT2D eigenvalue weighted by Crippen LogP contribution is -2.13. The van der Waals surface area contributed by atoms with Gasteiger partial charge in [-0.1, -0.05) is 12.1 Å². The first kappa shape index (κ1) is 15.1. The van der Waals surface area contributed by atoms with E-state index in [0.717, 1.165) is 20.3 Å². The summed E-state index contributed by atoms with van der Waals surface area (Å²) in [6, 6.07) is 11.0. The van der Waals surface area contributed by atoms with Crippen molar-refractivity contribution in [2.45, 2.75) is 6.92 Å². The predicted octanol–water partition coefficient (Wildman–Crippen LogP) is 4.78. The topological polar surface area (TPSA) is 38.3 Å². The van der Waals surface area contributed by atoms with Crippen molar-refractivity contribution in [1.29, 1.82) is 0 Å². The van der Waals surface area contributed by atoms with Gasteiger partial charge in [-0.2, -0.15) is 0 Å². The van der Waals surface area contributed by atoms with Crippen molar-refractivity contribution >= 4 is 43.5 Å². The number of carbonyl (C=O) groups excluding carboxylic acids is 1. The van der Waals surface area contributed by atoms with Crippen molar-refractivity contribution < 1.29 is 9.53 Å². The fourth-order valence-electron chi connectivity index (χ4n) is 1.77. The smallest absolute Gasteiger partial charge is 0.256 e. The Bertz CT molecular complexity index is 656. The van der Waals surface area contributed by atoms with Crippen LogP contribution in [0, 0.1) is 6.92 Å². The van der Waals surface area contributed by atoms with Crippen molar-refractivity contribution in [3.63, 3.8) is 0 Å². The van der Waals surface area contributed by atoms with Gasteiger partial charge >= 0.3 is 0 Å². The Labute approximate surface area is 134 Å². The molecule has 2 rings (SSSR count). The lowest BCUT2D eigenvalue weighted by atomic mass is 10.1. The minimum atomic E-state index is -0.155. The average Bonchev–Trinajstić information content (AvgIpc) is 2.42. The lowest BCUT2D eigenvalue weighted by Gasteiger charge is -2.10. The lowest BCUT2D eigenvalue weighted by molar-refractivity contribution is 0.102. The number of anilines is 1. The van der Waals surface area contributed by atoms with Crippen LogP contribution >= 0.6 is 31.9 Å². The van der Waals surface area contributed by atoms with Crippen molar-refractivity contribution in [1.82, 2.24) is 0 Å². The molecule has 2 aromatic rings. The van der Waals surface area contributed by atoms with Gasteiger partial charge in [-0.3, -0.25) is 4.79 Å². The second-order valence-corrected chi connectivity index (χ2v) is 5.89. The number of methoxy groups -OCH3 is 1. The van der Waals surface area contributed by atoms with Crippen LogP contribution < -0.4 is 10.1 Å². The van der Waals surface area contributed by atoms with Gasteiger partial charge in [0, 0.05) is 10.2 Å². The summed E-state index contributed by atoms with van der Waals surface area (Å²) in [4.78, 5) is 12.3. The molecule has 0 fully saturated rings. The highest BCUT2D eigenvalue weighted by Crippen LogP contribution is 2.28. The number of hydrogen-bond acceptors (Lipinski definition) is 2. The molecule has 0 heterocycles.